The van der Waals surface area contributed by atoms with Crippen LogP contribution in [-0.2, 0) is 9.59 Å². The Bertz CT molecular complexity index is 1040. The number of hydrogen-bond donors (Lipinski definition) is 3. The van der Waals surface area contributed by atoms with Gasteiger partial charge >= 0.3 is 0 Å². The van der Waals surface area contributed by atoms with Gasteiger partial charge in [0.1, 0.15) is 0 Å². The van der Waals surface area contributed by atoms with Crippen molar-refractivity contribution < 1.29 is 24.2 Å². The summed E-state index contributed by atoms with van der Waals surface area (Å²) in [5.74, 6) is -2.08. The summed E-state index contributed by atoms with van der Waals surface area (Å²) in [5.41, 5.74) is 4.85. The third kappa shape index (κ3) is 6.59. The minimum atomic E-state index is -0.986. The molecule has 0 aliphatic rings. The Morgan fingerprint density at radius 3 is 2.00 bits per heavy atom. The number of carbonyl (C=O) groups excluding carboxylic acids is 3. The molecule has 0 fully saturated rings. The molecule has 0 bridgehead atoms. The summed E-state index contributed by atoms with van der Waals surface area (Å²) in [7, 11) is 0. The molecule has 0 atom stereocenters. The van der Waals surface area contributed by atoms with Crippen molar-refractivity contribution in [2.24, 2.45) is 0 Å². The maximum atomic E-state index is 12.1. The Hall–Kier alpha value is -4.35. The van der Waals surface area contributed by atoms with Crippen LogP contribution in [0.25, 0.3) is 0 Å². The molecule has 2 aromatic rings. The lowest BCUT2D eigenvalue weighted by Crippen LogP contribution is -2.41. The summed E-state index contributed by atoms with van der Waals surface area (Å²) in [6, 6.07) is 7.94. The van der Waals surface area contributed by atoms with Gasteiger partial charge in [0.2, 0.25) is 11.8 Å². The van der Waals surface area contributed by atoms with Crippen molar-refractivity contribution in [2.45, 2.75) is 26.7 Å². The van der Waals surface area contributed by atoms with E-state index in [1.165, 1.54) is 0 Å². The number of nitrogens with zero attached hydrogens (tertiary/aromatic N) is 2. The fraction of sp³-hybridized carbons (Fsp3) is 0.211. The monoisotopic (exact) mass is 429 g/mol. The molecule has 0 radical (unpaired) electrons. The fourth-order valence-corrected chi connectivity index (χ4v) is 2.51. The van der Waals surface area contributed by atoms with Gasteiger partial charge in [0.15, 0.2) is 0 Å². The molecular formula is C19H19N5O7. The summed E-state index contributed by atoms with van der Waals surface area (Å²) in [6.07, 6.45) is -0.399. The second kappa shape index (κ2) is 9.91. The molecule has 0 aliphatic carbocycles. The summed E-state index contributed by atoms with van der Waals surface area (Å²) < 4.78 is 0. The standard InChI is InChI=1S/C19H19N5O7/c1-11-3-4-12(2)16(7-11)20-17(25)5-6-18(26)21-22-19(27)13-8-14(23(28)29)10-15(9-13)24(30)31/h3-4,7-10H,5-6H2,1-2H3,(H,20,25)(H,21,26)(H,22,27). The molecule has 12 heteroatoms. The van der Waals surface area contributed by atoms with Crippen molar-refractivity contribution in [3.63, 3.8) is 0 Å². The van der Waals surface area contributed by atoms with E-state index in [-0.39, 0.29) is 18.4 Å². The van der Waals surface area contributed by atoms with Gasteiger partial charge in [-0.15, -0.1) is 0 Å². The summed E-state index contributed by atoms with van der Waals surface area (Å²) >= 11 is 0. The van der Waals surface area contributed by atoms with Gasteiger partial charge < -0.3 is 5.32 Å². The zero-order valence-corrected chi connectivity index (χ0v) is 16.6. The molecule has 31 heavy (non-hydrogen) atoms. The number of rotatable bonds is 7. The molecule has 2 aromatic carbocycles. The molecule has 0 unspecified atom stereocenters. The first-order valence-corrected chi connectivity index (χ1v) is 8.97. The van der Waals surface area contributed by atoms with Crippen LogP contribution in [0.2, 0.25) is 0 Å². The van der Waals surface area contributed by atoms with Crippen molar-refractivity contribution in [2.75, 3.05) is 5.32 Å². The number of hydrogen-bond acceptors (Lipinski definition) is 7. The average Bonchev–Trinajstić information content (AvgIpc) is 2.72. The second-order valence-corrected chi connectivity index (χ2v) is 6.62. The summed E-state index contributed by atoms with van der Waals surface area (Å²) in [4.78, 5) is 56.0. The van der Waals surface area contributed by atoms with Gasteiger partial charge in [0, 0.05) is 30.7 Å². The highest BCUT2D eigenvalue weighted by Gasteiger charge is 2.20. The van der Waals surface area contributed by atoms with E-state index in [0.717, 1.165) is 23.3 Å². The van der Waals surface area contributed by atoms with Crippen molar-refractivity contribution in [1.29, 1.82) is 0 Å². The number of hydrazine groups is 1. The minimum Gasteiger partial charge on any atom is -0.326 e. The number of aryl methyl sites for hydroxylation is 2. The molecule has 12 nitrogen and oxygen atoms in total. The lowest BCUT2D eigenvalue weighted by atomic mass is 10.1. The van der Waals surface area contributed by atoms with Gasteiger partial charge in [-0.3, -0.25) is 45.5 Å². The topological polar surface area (TPSA) is 174 Å². The fourth-order valence-electron chi connectivity index (χ4n) is 2.51. The van der Waals surface area contributed by atoms with Gasteiger partial charge in [-0.2, -0.15) is 0 Å². The number of nitro benzene ring substituents is 2. The van der Waals surface area contributed by atoms with Gasteiger partial charge in [0.05, 0.1) is 21.5 Å². The van der Waals surface area contributed by atoms with Crippen LogP contribution < -0.4 is 16.2 Å². The Morgan fingerprint density at radius 2 is 1.42 bits per heavy atom. The van der Waals surface area contributed by atoms with E-state index >= 15 is 0 Å². The quantitative estimate of drug-likeness (QED) is 0.447. The number of nitrogens with one attached hydrogen (secondary N) is 3. The smallest absolute Gasteiger partial charge is 0.277 e. The van der Waals surface area contributed by atoms with Crippen molar-refractivity contribution in [3.8, 4) is 0 Å². The predicted octanol–water partition coefficient (Wildman–Crippen LogP) is 2.30. The summed E-state index contributed by atoms with van der Waals surface area (Å²) in [5, 5.41) is 24.5. The minimum absolute atomic E-state index is 0.155. The maximum absolute atomic E-state index is 12.1. The predicted molar refractivity (Wildman–Crippen MR) is 109 cm³/mol. The Morgan fingerprint density at radius 1 is 0.839 bits per heavy atom. The zero-order valence-electron chi connectivity index (χ0n) is 16.6. The van der Waals surface area contributed by atoms with Crippen LogP contribution in [0, 0.1) is 34.1 Å². The third-order valence-corrected chi connectivity index (χ3v) is 4.15. The van der Waals surface area contributed by atoms with Gasteiger partial charge in [0.25, 0.3) is 17.3 Å². The highest BCUT2D eigenvalue weighted by atomic mass is 16.6. The molecular weight excluding hydrogens is 410 g/mol. The highest BCUT2D eigenvalue weighted by molar-refractivity contribution is 5.97. The first-order valence-electron chi connectivity index (χ1n) is 8.97. The molecule has 0 aliphatic heterocycles. The first kappa shape index (κ1) is 22.9. The molecule has 0 aromatic heterocycles. The molecule has 0 heterocycles. The van der Waals surface area contributed by atoms with E-state index < -0.39 is 38.9 Å². The second-order valence-electron chi connectivity index (χ2n) is 6.62. The van der Waals surface area contributed by atoms with Crippen LogP contribution >= 0.6 is 0 Å². The molecule has 0 saturated carbocycles. The number of amides is 3. The Labute approximate surface area is 175 Å². The van der Waals surface area contributed by atoms with Crippen LogP contribution in [0.4, 0.5) is 17.1 Å². The number of benzene rings is 2. The Balaban J connectivity index is 1.90. The zero-order chi connectivity index (χ0) is 23.1. The maximum Gasteiger partial charge on any atom is 0.277 e. The van der Waals surface area contributed by atoms with E-state index in [0.29, 0.717) is 11.8 Å². The van der Waals surface area contributed by atoms with Crippen molar-refractivity contribution in [3.05, 3.63) is 73.3 Å². The van der Waals surface area contributed by atoms with Crippen LogP contribution in [0.5, 0.6) is 0 Å². The molecule has 3 N–H and O–H groups in total. The molecule has 0 spiro atoms. The number of carbonyl (C=O) groups is 3. The Kier molecular flexibility index (Phi) is 7.33. The lowest BCUT2D eigenvalue weighted by molar-refractivity contribution is -0.394. The first-order chi connectivity index (χ1) is 14.6. The SMILES string of the molecule is Cc1ccc(C)c(NC(=O)CCC(=O)NNC(=O)c2cc([N+](=O)[O-])cc([N+](=O)[O-])c2)c1. The molecule has 2 rings (SSSR count). The van der Waals surface area contributed by atoms with E-state index in [1.54, 1.807) is 6.07 Å². The van der Waals surface area contributed by atoms with Crippen LogP contribution in [0.1, 0.15) is 34.3 Å². The summed E-state index contributed by atoms with van der Waals surface area (Å²) in [6.45, 7) is 3.71. The largest absolute Gasteiger partial charge is 0.326 e. The average molecular weight is 429 g/mol. The van der Waals surface area contributed by atoms with Crippen molar-refractivity contribution >= 4 is 34.8 Å². The van der Waals surface area contributed by atoms with Gasteiger partial charge in [-0.1, -0.05) is 12.1 Å². The van der Waals surface area contributed by atoms with E-state index in [2.05, 4.69) is 10.7 Å². The molecule has 162 valence electrons. The normalized spacial score (nSPS) is 10.1. The molecule has 3 amide bonds. The lowest BCUT2D eigenvalue weighted by Gasteiger charge is -2.10. The van der Waals surface area contributed by atoms with E-state index in [9.17, 15) is 34.6 Å². The van der Waals surface area contributed by atoms with Crippen LogP contribution in [0.15, 0.2) is 36.4 Å². The third-order valence-electron chi connectivity index (χ3n) is 4.15. The van der Waals surface area contributed by atoms with Crippen LogP contribution in [0.3, 0.4) is 0 Å². The number of nitro groups is 2. The number of anilines is 1. The van der Waals surface area contributed by atoms with E-state index in [4.69, 9.17) is 0 Å². The van der Waals surface area contributed by atoms with E-state index in [1.807, 2.05) is 31.4 Å². The van der Waals surface area contributed by atoms with Gasteiger partial charge in [-0.25, -0.2) is 0 Å². The van der Waals surface area contributed by atoms with Gasteiger partial charge in [-0.05, 0) is 31.0 Å². The van der Waals surface area contributed by atoms with Crippen LogP contribution in [-0.4, -0.2) is 27.6 Å². The molecule has 0 saturated heterocycles. The number of non-ortho nitro benzene ring substituents is 2. The highest BCUT2D eigenvalue weighted by Crippen LogP contribution is 2.22. The van der Waals surface area contributed by atoms with Crippen molar-refractivity contribution in [1.82, 2.24) is 10.9 Å².